The smallest absolute Gasteiger partial charge is 0.272 e. The standard InChI is InChI=1S/C22H17FN4O3S/c1-13-17(11-30-24-13)19(28)26-7-8-27-20(29)18-10-14-6-9-31-21(14)25(18)12-22(26,27)15-2-4-16(23)5-3-15/h2-6,9-11H,7-8,12H2,1H3. The molecule has 0 bridgehead atoms. The van der Waals surface area contributed by atoms with Crippen molar-refractivity contribution in [3.63, 3.8) is 0 Å². The molecule has 0 spiro atoms. The number of hydrogen-bond acceptors (Lipinski definition) is 5. The van der Waals surface area contributed by atoms with Crippen LogP contribution in [0, 0.1) is 12.7 Å². The second kappa shape index (κ2) is 6.27. The Morgan fingerprint density at radius 2 is 2.03 bits per heavy atom. The molecule has 1 fully saturated rings. The molecular formula is C22H17FN4O3S. The predicted octanol–water partition coefficient (Wildman–Crippen LogP) is 3.60. The van der Waals surface area contributed by atoms with Crippen molar-refractivity contribution >= 4 is 33.4 Å². The summed E-state index contributed by atoms with van der Waals surface area (Å²) < 4.78 is 20.8. The number of fused-ring (bicyclic) bond motifs is 4. The van der Waals surface area contributed by atoms with E-state index in [4.69, 9.17) is 4.52 Å². The van der Waals surface area contributed by atoms with Crippen LogP contribution >= 0.6 is 11.3 Å². The SMILES string of the molecule is Cc1nocc1C(=O)N1CCN2C(=O)c3cc4ccsc4n3CC12c1ccc(F)cc1. The zero-order valence-electron chi connectivity index (χ0n) is 16.5. The number of amides is 2. The molecule has 31 heavy (non-hydrogen) atoms. The second-order valence-electron chi connectivity index (χ2n) is 7.85. The Morgan fingerprint density at radius 3 is 2.77 bits per heavy atom. The molecule has 1 atom stereocenters. The maximum absolute atomic E-state index is 13.8. The fraction of sp³-hybridized carbons (Fsp3) is 0.227. The third kappa shape index (κ3) is 2.35. The van der Waals surface area contributed by atoms with Crippen LogP contribution in [0.5, 0.6) is 0 Å². The van der Waals surface area contributed by atoms with Crippen LogP contribution in [0.2, 0.25) is 0 Å². The Morgan fingerprint density at radius 1 is 1.23 bits per heavy atom. The van der Waals surface area contributed by atoms with Crippen molar-refractivity contribution < 1.29 is 18.5 Å². The van der Waals surface area contributed by atoms with Crippen molar-refractivity contribution in [3.05, 3.63) is 76.4 Å². The summed E-state index contributed by atoms with van der Waals surface area (Å²) in [4.78, 5) is 31.6. The highest BCUT2D eigenvalue weighted by Crippen LogP contribution is 2.45. The van der Waals surface area contributed by atoms with E-state index < -0.39 is 5.66 Å². The van der Waals surface area contributed by atoms with Crippen molar-refractivity contribution in [3.8, 4) is 0 Å². The molecule has 0 aliphatic carbocycles. The van der Waals surface area contributed by atoms with Gasteiger partial charge in [0, 0.05) is 24.0 Å². The Bertz CT molecular complexity index is 1350. The summed E-state index contributed by atoms with van der Waals surface area (Å²) in [5.74, 6) is -0.783. The van der Waals surface area contributed by atoms with Crippen LogP contribution in [0.1, 0.15) is 32.1 Å². The molecule has 7 nitrogen and oxygen atoms in total. The van der Waals surface area contributed by atoms with Crippen LogP contribution in [0.15, 0.2) is 52.6 Å². The molecule has 1 aromatic carbocycles. The molecular weight excluding hydrogens is 419 g/mol. The van der Waals surface area contributed by atoms with Gasteiger partial charge < -0.3 is 18.9 Å². The highest BCUT2D eigenvalue weighted by Gasteiger charge is 2.56. The van der Waals surface area contributed by atoms with Gasteiger partial charge in [0.15, 0.2) is 5.66 Å². The molecule has 5 heterocycles. The third-order valence-corrected chi connectivity index (χ3v) is 7.27. The van der Waals surface area contributed by atoms with E-state index in [1.807, 2.05) is 22.1 Å². The second-order valence-corrected chi connectivity index (χ2v) is 8.74. The summed E-state index contributed by atoms with van der Waals surface area (Å²) in [6.07, 6.45) is 1.34. The Labute approximate surface area is 180 Å². The number of rotatable bonds is 2. The Hall–Kier alpha value is -3.46. The average molecular weight is 436 g/mol. The summed E-state index contributed by atoms with van der Waals surface area (Å²) in [6, 6.07) is 9.92. The summed E-state index contributed by atoms with van der Waals surface area (Å²) >= 11 is 1.55. The van der Waals surface area contributed by atoms with Crippen LogP contribution in [0.4, 0.5) is 4.39 Å². The van der Waals surface area contributed by atoms with Gasteiger partial charge in [-0.2, -0.15) is 0 Å². The zero-order valence-corrected chi connectivity index (χ0v) is 17.4. The van der Waals surface area contributed by atoms with E-state index in [0.29, 0.717) is 42.1 Å². The van der Waals surface area contributed by atoms with Crippen LogP contribution in [0.25, 0.3) is 10.2 Å². The fourth-order valence-electron chi connectivity index (χ4n) is 4.86. The zero-order chi connectivity index (χ0) is 21.3. The first-order chi connectivity index (χ1) is 15.0. The number of thiophene rings is 1. The van der Waals surface area contributed by atoms with E-state index in [0.717, 1.165) is 10.2 Å². The first-order valence-electron chi connectivity index (χ1n) is 9.88. The largest absolute Gasteiger partial charge is 0.364 e. The summed E-state index contributed by atoms with van der Waals surface area (Å²) in [5, 5.41) is 6.82. The predicted molar refractivity (Wildman–Crippen MR) is 111 cm³/mol. The number of carbonyl (C=O) groups is 2. The summed E-state index contributed by atoms with van der Waals surface area (Å²) in [7, 11) is 0. The minimum absolute atomic E-state index is 0.142. The van der Waals surface area contributed by atoms with E-state index in [2.05, 4.69) is 5.16 Å². The van der Waals surface area contributed by atoms with E-state index >= 15 is 0 Å². The first-order valence-corrected chi connectivity index (χ1v) is 10.8. The summed E-state index contributed by atoms with van der Waals surface area (Å²) in [5.41, 5.74) is 1.06. The fourth-order valence-corrected chi connectivity index (χ4v) is 5.75. The minimum atomic E-state index is -1.07. The highest BCUT2D eigenvalue weighted by atomic mass is 32.1. The van der Waals surface area contributed by atoms with Gasteiger partial charge in [0.2, 0.25) is 0 Å². The van der Waals surface area contributed by atoms with Gasteiger partial charge in [0.05, 0.1) is 12.2 Å². The summed E-state index contributed by atoms with van der Waals surface area (Å²) in [6.45, 7) is 2.80. The molecule has 3 aromatic heterocycles. The lowest BCUT2D eigenvalue weighted by molar-refractivity contribution is -0.00512. The molecule has 1 unspecified atom stereocenters. The van der Waals surface area contributed by atoms with Gasteiger partial charge in [-0.25, -0.2) is 4.39 Å². The number of nitrogens with zero attached hydrogens (tertiary/aromatic N) is 4. The Balaban J connectivity index is 1.59. The first kappa shape index (κ1) is 18.3. The van der Waals surface area contributed by atoms with Crippen LogP contribution in [0.3, 0.4) is 0 Å². The third-order valence-electron chi connectivity index (χ3n) is 6.32. The van der Waals surface area contributed by atoms with Gasteiger partial charge in [-0.3, -0.25) is 9.59 Å². The van der Waals surface area contributed by atoms with Gasteiger partial charge in [-0.15, -0.1) is 11.3 Å². The number of benzene rings is 1. The van der Waals surface area contributed by atoms with Crippen molar-refractivity contribution in [1.29, 1.82) is 0 Å². The molecule has 2 amide bonds. The van der Waals surface area contributed by atoms with Crippen molar-refractivity contribution in [2.24, 2.45) is 0 Å². The Kier molecular flexibility index (Phi) is 3.71. The molecule has 0 N–H and O–H groups in total. The molecule has 2 aliphatic rings. The van der Waals surface area contributed by atoms with Gasteiger partial charge >= 0.3 is 0 Å². The number of carbonyl (C=O) groups excluding carboxylic acids is 2. The normalized spacial score (nSPS) is 20.4. The molecule has 4 aromatic rings. The molecule has 1 saturated heterocycles. The average Bonchev–Trinajstić information content (AvgIpc) is 3.52. The van der Waals surface area contributed by atoms with Crippen LogP contribution < -0.4 is 0 Å². The number of halogens is 1. The number of aromatic nitrogens is 2. The van der Waals surface area contributed by atoms with E-state index in [9.17, 15) is 14.0 Å². The van der Waals surface area contributed by atoms with Crippen molar-refractivity contribution in [2.75, 3.05) is 13.1 Å². The maximum atomic E-state index is 13.8. The quantitative estimate of drug-likeness (QED) is 0.481. The molecule has 0 radical (unpaired) electrons. The van der Waals surface area contributed by atoms with Gasteiger partial charge in [-0.05, 0) is 36.6 Å². The van der Waals surface area contributed by atoms with Crippen LogP contribution in [-0.4, -0.2) is 44.4 Å². The van der Waals surface area contributed by atoms with E-state index in [1.165, 1.54) is 18.4 Å². The monoisotopic (exact) mass is 436 g/mol. The van der Waals surface area contributed by atoms with E-state index in [-0.39, 0.29) is 17.6 Å². The minimum Gasteiger partial charge on any atom is -0.364 e. The van der Waals surface area contributed by atoms with Gasteiger partial charge in [0.25, 0.3) is 11.8 Å². The van der Waals surface area contributed by atoms with Crippen molar-refractivity contribution in [1.82, 2.24) is 19.5 Å². The molecule has 6 rings (SSSR count). The topological polar surface area (TPSA) is 71.6 Å². The van der Waals surface area contributed by atoms with E-state index in [1.54, 1.807) is 40.2 Å². The number of aryl methyl sites for hydroxylation is 1. The lowest BCUT2D eigenvalue weighted by Crippen LogP contribution is -2.60. The molecule has 0 saturated carbocycles. The van der Waals surface area contributed by atoms with Gasteiger partial charge in [0.1, 0.15) is 28.2 Å². The number of hydrogen-bond donors (Lipinski definition) is 0. The van der Waals surface area contributed by atoms with Gasteiger partial charge in [-0.1, -0.05) is 17.3 Å². The molecule has 9 heteroatoms. The maximum Gasteiger partial charge on any atom is 0.272 e. The highest BCUT2D eigenvalue weighted by molar-refractivity contribution is 7.16. The lowest BCUT2D eigenvalue weighted by atomic mass is 9.93. The molecule has 2 aliphatic heterocycles. The van der Waals surface area contributed by atoms with Crippen molar-refractivity contribution in [2.45, 2.75) is 19.1 Å². The molecule has 156 valence electrons. The van der Waals surface area contributed by atoms with Crippen LogP contribution in [-0.2, 0) is 12.2 Å². The lowest BCUT2D eigenvalue weighted by Gasteiger charge is -2.47.